The number of carbonyl (C=O) groups excluding carboxylic acids is 2. The van der Waals surface area contributed by atoms with Crippen molar-refractivity contribution in [3.8, 4) is 0 Å². The van der Waals surface area contributed by atoms with Crippen LogP contribution in [-0.4, -0.2) is 49.2 Å². The van der Waals surface area contributed by atoms with Crippen LogP contribution >= 0.6 is 15.9 Å². The Balaban J connectivity index is 2.10. The van der Waals surface area contributed by atoms with Gasteiger partial charge in [0.25, 0.3) is 0 Å². The summed E-state index contributed by atoms with van der Waals surface area (Å²) < 4.78 is 23.8. The molecule has 1 aromatic carbocycles. The summed E-state index contributed by atoms with van der Waals surface area (Å²) >= 11 is 3.34. The van der Waals surface area contributed by atoms with E-state index in [2.05, 4.69) is 21.2 Å². The van der Waals surface area contributed by atoms with E-state index in [0.717, 1.165) is 5.56 Å². The van der Waals surface area contributed by atoms with Gasteiger partial charge in [-0.05, 0) is 53.9 Å². The molecule has 23 heavy (non-hydrogen) atoms. The Bertz CT molecular complexity index is 733. The van der Waals surface area contributed by atoms with Crippen molar-refractivity contribution in [1.29, 1.82) is 0 Å². The third kappa shape index (κ3) is 4.32. The molecule has 1 N–H and O–H groups in total. The molecule has 6 nitrogen and oxygen atoms in total. The molecule has 0 aromatic heterocycles. The lowest BCUT2D eigenvalue weighted by Gasteiger charge is -2.26. The molecule has 1 unspecified atom stereocenters. The molecule has 8 heteroatoms. The number of hydrogen-bond donors (Lipinski definition) is 1. The van der Waals surface area contributed by atoms with Gasteiger partial charge < -0.3 is 10.2 Å². The molecule has 2 rings (SSSR count). The summed E-state index contributed by atoms with van der Waals surface area (Å²) in [6, 6.07) is 4.94. The summed E-state index contributed by atoms with van der Waals surface area (Å²) in [6.07, 6.45) is 0.378. The summed E-state index contributed by atoms with van der Waals surface area (Å²) in [6.45, 7) is 3.94. The van der Waals surface area contributed by atoms with Crippen molar-refractivity contribution in [2.75, 3.05) is 23.4 Å². The van der Waals surface area contributed by atoms with Crippen molar-refractivity contribution < 1.29 is 18.0 Å². The second kappa shape index (κ2) is 7.00. The Hall–Kier alpha value is -1.41. The first-order valence-corrected chi connectivity index (χ1v) is 9.93. The number of likely N-dealkylation sites (N-methyl/N-ethyl adjacent to an activating group) is 1. The highest BCUT2D eigenvalue weighted by Crippen LogP contribution is 2.24. The Morgan fingerprint density at radius 3 is 2.61 bits per heavy atom. The Labute approximate surface area is 144 Å². The van der Waals surface area contributed by atoms with Gasteiger partial charge in [-0.3, -0.25) is 9.59 Å². The molecule has 1 aliphatic heterocycles. The summed E-state index contributed by atoms with van der Waals surface area (Å²) in [5.41, 5.74) is 1.52. The number of nitrogens with zero attached hydrogens (tertiary/aromatic N) is 1. The van der Waals surface area contributed by atoms with Gasteiger partial charge in [-0.15, -0.1) is 0 Å². The van der Waals surface area contributed by atoms with Gasteiger partial charge in [0.1, 0.15) is 0 Å². The van der Waals surface area contributed by atoms with E-state index in [1.165, 1.54) is 4.90 Å². The standard InChI is InChI=1S/C15H19BrN2O4S/c1-3-18(11-6-7-23(21,22)9-11)15(20)14(19)17-13-5-4-10(2)8-12(13)16/h4-5,8,11H,3,6-7,9H2,1-2H3,(H,17,19). The van der Waals surface area contributed by atoms with E-state index >= 15 is 0 Å². The minimum Gasteiger partial charge on any atom is -0.331 e. The van der Waals surface area contributed by atoms with Crippen molar-refractivity contribution in [3.63, 3.8) is 0 Å². The molecule has 1 atom stereocenters. The second-order valence-corrected chi connectivity index (χ2v) is 8.67. The summed E-state index contributed by atoms with van der Waals surface area (Å²) in [4.78, 5) is 25.9. The van der Waals surface area contributed by atoms with Crippen LogP contribution in [0, 0.1) is 6.92 Å². The maximum atomic E-state index is 12.4. The molecule has 0 aliphatic carbocycles. The van der Waals surface area contributed by atoms with Crippen LogP contribution in [-0.2, 0) is 19.4 Å². The molecule has 1 heterocycles. The summed E-state index contributed by atoms with van der Waals surface area (Å²) in [5, 5.41) is 2.57. The van der Waals surface area contributed by atoms with Crippen molar-refractivity contribution in [3.05, 3.63) is 28.2 Å². The van der Waals surface area contributed by atoms with Gasteiger partial charge in [-0.2, -0.15) is 0 Å². The molecule has 0 spiro atoms. The predicted molar refractivity (Wildman–Crippen MR) is 92.0 cm³/mol. The van der Waals surface area contributed by atoms with Crippen LogP contribution in [0.25, 0.3) is 0 Å². The van der Waals surface area contributed by atoms with E-state index in [1.807, 2.05) is 19.1 Å². The number of anilines is 1. The first kappa shape index (κ1) is 17.9. The zero-order valence-electron chi connectivity index (χ0n) is 13.0. The highest BCUT2D eigenvalue weighted by atomic mass is 79.9. The molecule has 0 radical (unpaired) electrons. The Kier molecular flexibility index (Phi) is 5.46. The molecule has 2 amide bonds. The third-order valence-corrected chi connectivity index (χ3v) is 6.22. The molecule has 0 bridgehead atoms. The topological polar surface area (TPSA) is 83.6 Å². The number of benzene rings is 1. The third-order valence-electron chi connectivity index (χ3n) is 3.82. The van der Waals surface area contributed by atoms with Crippen molar-refractivity contribution >= 4 is 43.3 Å². The molecule has 1 aliphatic rings. The van der Waals surface area contributed by atoms with Crippen LogP contribution in [0.15, 0.2) is 22.7 Å². The maximum absolute atomic E-state index is 12.4. The number of aryl methyl sites for hydroxylation is 1. The van der Waals surface area contributed by atoms with Gasteiger partial charge in [0.05, 0.1) is 17.2 Å². The minimum absolute atomic E-state index is 0.0621. The van der Waals surface area contributed by atoms with Crippen LogP contribution in [0.5, 0.6) is 0 Å². The lowest BCUT2D eigenvalue weighted by molar-refractivity contribution is -0.144. The quantitative estimate of drug-likeness (QED) is 0.780. The monoisotopic (exact) mass is 402 g/mol. The van der Waals surface area contributed by atoms with E-state index in [4.69, 9.17) is 0 Å². The first-order chi connectivity index (χ1) is 10.7. The zero-order valence-corrected chi connectivity index (χ0v) is 15.4. The number of hydrogen-bond acceptors (Lipinski definition) is 4. The zero-order chi connectivity index (χ0) is 17.2. The predicted octanol–water partition coefficient (Wildman–Crippen LogP) is 1.73. The van der Waals surface area contributed by atoms with Gasteiger partial charge in [0.15, 0.2) is 9.84 Å². The van der Waals surface area contributed by atoms with E-state index in [-0.39, 0.29) is 11.5 Å². The van der Waals surface area contributed by atoms with Gasteiger partial charge in [0.2, 0.25) is 0 Å². The fraction of sp³-hybridized carbons (Fsp3) is 0.467. The van der Waals surface area contributed by atoms with Crippen LogP contribution in [0.3, 0.4) is 0 Å². The van der Waals surface area contributed by atoms with E-state index < -0.39 is 27.7 Å². The summed E-state index contributed by atoms with van der Waals surface area (Å²) in [7, 11) is -3.11. The highest BCUT2D eigenvalue weighted by Gasteiger charge is 2.36. The van der Waals surface area contributed by atoms with Crippen molar-refractivity contribution in [2.45, 2.75) is 26.3 Å². The van der Waals surface area contributed by atoms with Gasteiger partial charge in [-0.25, -0.2) is 8.42 Å². The normalized spacial score (nSPS) is 19.3. The SMILES string of the molecule is CCN(C(=O)C(=O)Nc1ccc(C)cc1Br)C1CCS(=O)(=O)C1. The lowest BCUT2D eigenvalue weighted by Crippen LogP contribution is -2.46. The number of carbonyl (C=O) groups is 2. The van der Waals surface area contributed by atoms with Crippen LogP contribution in [0.2, 0.25) is 0 Å². The lowest BCUT2D eigenvalue weighted by atomic mass is 10.2. The molecule has 1 saturated heterocycles. The van der Waals surface area contributed by atoms with Gasteiger partial charge in [0, 0.05) is 17.1 Å². The Morgan fingerprint density at radius 1 is 1.39 bits per heavy atom. The van der Waals surface area contributed by atoms with E-state index in [9.17, 15) is 18.0 Å². The molecule has 0 saturated carbocycles. The second-order valence-electron chi connectivity index (χ2n) is 5.59. The molecule has 1 aromatic rings. The van der Waals surface area contributed by atoms with Crippen LogP contribution in [0.1, 0.15) is 18.9 Å². The highest BCUT2D eigenvalue weighted by molar-refractivity contribution is 9.10. The number of amides is 2. The minimum atomic E-state index is -3.11. The molecular weight excluding hydrogens is 384 g/mol. The molecular formula is C15H19BrN2O4S. The van der Waals surface area contributed by atoms with E-state index in [0.29, 0.717) is 23.1 Å². The van der Waals surface area contributed by atoms with Gasteiger partial charge in [-0.1, -0.05) is 6.07 Å². The average molecular weight is 403 g/mol. The number of halogens is 1. The smallest absolute Gasteiger partial charge is 0.313 e. The first-order valence-electron chi connectivity index (χ1n) is 7.32. The Morgan fingerprint density at radius 2 is 2.09 bits per heavy atom. The summed E-state index contributed by atoms with van der Waals surface area (Å²) in [5.74, 6) is -1.48. The van der Waals surface area contributed by atoms with Crippen molar-refractivity contribution in [1.82, 2.24) is 4.90 Å². The number of sulfone groups is 1. The van der Waals surface area contributed by atoms with Crippen molar-refractivity contribution in [2.24, 2.45) is 0 Å². The maximum Gasteiger partial charge on any atom is 0.313 e. The van der Waals surface area contributed by atoms with E-state index in [1.54, 1.807) is 13.0 Å². The molecule has 1 fully saturated rings. The largest absolute Gasteiger partial charge is 0.331 e. The van der Waals surface area contributed by atoms with Gasteiger partial charge >= 0.3 is 11.8 Å². The number of nitrogens with one attached hydrogen (secondary N) is 1. The fourth-order valence-electron chi connectivity index (χ4n) is 2.62. The average Bonchev–Trinajstić information content (AvgIpc) is 2.82. The van der Waals surface area contributed by atoms with Crippen LogP contribution < -0.4 is 5.32 Å². The van der Waals surface area contributed by atoms with Crippen LogP contribution in [0.4, 0.5) is 5.69 Å². The fourth-order valence-corrected chi connectivity index (χ4v) is 4.94. The molecule has 126 valence electrons. The number of rotatable bonds is 3.